The molecule has 2 aromatic heterocycles. The highest BCUT2D eigenvalue weighted by atomic mass is 16.6. The first kappa shape index (κ1) is 43.9. The Labute approximate surface area is 331 Å². The Balaban J connectivity index is 1.80. The molecule has 2 heterocycles. The maximum absolute atomic E-state index is 14.7. The number of likely N-dealkylation sites (N-methyl/N-ethyl adjacent to an activating group) is 1. The molecule has 14 nitrogen and oxygen atoms in total. The lowest BCUT2D eigenvalue weighted by Gasteiger charge is -2.42. The minimum absolute atomic E-state index is 0.0101. The summed E-state index contributed by atoms with van der Waals surface area (Å²) < 4.78 is 6.05. The molecule has 1 fully saturated rings. The van der Waals surface area contributed by atoms with Crippen LogP contribution < -0.4 is 16.4 Å². The number of amides is 4. The highest BCUT2D eigenvalue weighted by molar-refractivity contribution is 5.91. The first-order chi connectivity index (χ1) is 26.7. The van der Waals surface area contributed by atoms with Crippen molar-refractivity contribution < 1.29 is 29.0 Å². The van der Waals surface area contributed by atoms with Crippen LogP contribution >= 0.6 is 0 Å². The van der Waals surface area contributed by atoms with Crippen LogP contribution in [0.1, 0.15) is 82.5 Å². The minimum Gasteiger partial charge on any atom is -0.444 e. The molecule has 14 heteroatoms. The van der Waals surface area contributed by atoms with E-state index in [4.69, 9.17) is 10.5 Å². The van der Waals surface area contributed by atoms with Crippen molar-refractivity contribution in [3.63, 3.8) is 0 Å². The van der Waals surface area contributed by atoms with E-state index >= 15 is 0 Å². The number of aliphatic hydroxyl groups excluding tert-OH is 1. The molecule has 3 aromatic rings. The van der Waals surface area contributed by atoms with Crippen molar-refractivity contribution in [3.05, 3.63) is 84.2 Å². The number of carbonyl (C=O) groups excluding carboxylic acids is 4. The summed E-state index contributed by atoms with van der Waals surface area (Å²) >= 11 is 0. The molecule has 0 radical (unpaired) electrons. The minimum atomic E-state index is -1.24. The van der Waals surface area contributed by atoms with E-state index in [9.17, 15) is 24.3 Å². The fraction of sp³-hybridized carbons (Fsp3) is 0.571. The number of ether oxygens (including phenoxy) is 1. The highest BCUT2D eigenvalue weighted by Crippen LogP contribution is 2.33. The maximum Gasteiger partial charge on any atom is 0.411 e. The van der Waals surface area contributed by atoms with Gasteiger partial charge in [-0.25, -0.2) is 9.78 Å². The van der Waals surface area contributed by atoms with Crippen molar-refractivity contribution >= 4 is 23.8 Å². The molecule has 1 aliphatic rings. The lowest BCUT2D eigenvalue weighted by Crippen LogP contribution is -2.61. The molecular formula is C42H62N8O6. The number of pyridine rings is 1. The molecule has 1 aromatic carbocycles. The average Bonchev–Trinajstić information content (AvgIpc) is 3.67. The number of aliphatic hydroxyl groups is 1. The van der Waals surface area contributed by atoms with Gasteiger partial charge < -0.3 is 36.1 Å². The number of imidazole rings is 1. The summed E-state index contributed by atoms with van der Waals surface area (Å²) in [7, 11) is 3.85. The monoisotopic (exact) mass is 774 g/mol. The number of nitrogens with two attached hydrogens (primary N) is 1. The number of benzene rings is 1. The van der Waals surface area contributed by atoms with Gasteiger partial charge in [0.1, 0.15) is 17.7 Å². The van der Waals surface area contributed by atoms with Crippen LogP contribution in [0.15, 0.2) is 67.4 Å². The summed E-state index contributed by atoms with van der Waals surface area (Å²) in [6.07, 6.45) is 10.1. The number of aromatic nitrogens is 3. The van der Waals surface area contributed by atoms with Crippen molar-refractivity contribution in [2.45, 2.75) is 115 Å². The molecule has 4 amide bonds. The fourth-order valence-electron chi connectivity index (χ4n) is 7.37. The summed E-state index contributed by atoms with van der Waals surface area (Å²) in [6.45, 7) is 6.30. The van der Waals surface area contributed by atoms with Crippen molar-refractivity contribution in [1.82, 2.24) is 35.4 Å². The summed E-state index contributed by atoms with van der Waals surface area (Å²) in [4.78, 5) is 70.5. The van der Waals surface area contributed by atoms with Gasteiger partial charge in [0.15, 0.2) is 0 Å². The Morgan fingerprint density at radius 3 is 2.23 bits per heavy atom. The van der Waals surface area contributed by atoms with E-state index in [0.717, 1.165) is 43.2 Å². The first-order valence-electron chi connectivity index (χ1n) is 19.8. The molecule has 0 unspecified atom stereocenters. The van der Waals surface area contributed by atoms with Gasteiger partial charge in [0, 0.05) is 56.1 Å². The summed E-state index contributed by atoms with van der Waals surface area (Å²) in [6, 6.07) is 9.68. The third-order valence-electron chi connectivity index (χ3n) is 10.2. The number of nitrogens with zero attached hydrogens (tertiary/aromatic N) is 4. The van der Waals surface area contributed by atoms with Crippen molar-refractivity contribution in [3.8, 4) is 0 Å². The largest absolute Gasteiger partial charge is 0.444 e. The quantitative estimate of drug-likeness (QED) is 0.114. The van der Waals surface area contributed by atoms with E-state index in [1.807, 2.05) is 61.5 Å². The summed E-state index contributed by atoms with van der Waals surface area (Å²) in [5.74, 6) is -2.12. The molecule has 56 heavy (non-hydrogen) atoms. The zero-order chi connectivity index (χ0) is 40.7. The fourth-order valence-corrected chi connectivity index (χ4v) is 7.37. The smallest absolute Gasteiger partial charge is 0.411 e. The molecule has 6 N–H and O–H groups in total. The average molecular weight is 775 g/mol. The van der Waals surface area contributed by atoms with Crippen molar-refractivity contribution in [1.29, 1.82) is 0 Å². The molecule has 0 spiro atoms. The molecular weight excluding hydrogens is 713 g/mol. The number of H-pyrrole nitrogens is 1. The maximum atomic E-state index is 14.7. The van der Waals surface area contributed by atoms with Crippen LogP contribution in [0.2, 0.25) is 0 Å². The zero-order valence-electron chi connectivity index (χ0n) is 33.7. The molecule has 306 valence electrons. The third kappa shape index (κ3) is 14.4. The molecule has 5 atom stereocenters. The van der Waals surface area contributed by atoms with Gasteiger partial charge in [-0.15, -0.1) is 0 Å². The van der Waals surface area contributed by atoms with Gasteiger partial charge in [0.2, 0.25) is 17.7 Å². The molecule has 0 saturated heterocycles. The summed E-state index contributed by atoms with van der Waals surface area (Å²) in [5, 5.41) is 18.4. The standard InChI is InChI=1S/C42H62N8O6/c1-42(2,3)56-41(55)50(36(24-30-14-10-7-11-15-30)40(54)48-34(38(43)52)26-33-27-45-28-47-33)35(23-29-12-8-6-9-13-29)37(51)25-32(22-31-16-18-44-19-17-31)39(53)46-20-21-49(4)5/h7,10-11,14-19,27-29,32,34-37,51H,6,8-9,12-13,20-26H2,1-5H3,(H2,43,52)(H,45,47)(H,46,53)(H,48,54)/t32-,34+,35+,36+,37+/m1/s1. The van der Waals surface area contributed by atoms with E-state index in [0.29, 0.717) is 31.6 Å². The molecule has 0 aliphatic heterocycles. The predicted molar refractivity (Wildman–Crippen MR) is 214 cm³/mol. The van der Waals surface area contributed by atoms with E-state index in [1.54, 1.807) is 39.4 Å². The zero-order valence-corrected chi connectivity index (χ0v) is 33.7. The van der Waals surface area contributed by atoms with E-state index in [1.165, 1.54) is 11.2 Å². The Kier molecular flexibility index (Phi) is 16.8. The van der Waals surface area contributed by atoms with Crippen LogP contribution in [-0.4, -0.2) is 111 Å². The van der Waals surface area contributed by atoms with Gasteiger partial charge in [-0.2, -0.15) is 0 Å². The second-order valence-corrected chi connectivity index (χ2v) is 16.3. The predicted octanol–water partition coefficient (Wildman–Crippen LogP) is 3.79. The summed E-state index contributed by atoms with van der Waals surface area (Å²) in [5.41, 5.74) is 7.10. The van der Waals surface area contributed by atoms with E-state index in [-0.39, 0.29) is 31.1 Å². The molecule has 4 rings (SSSR count). The molecule has 1 saturated carbocycles. The number of aromatic amines is 1. The Bertz CT molecular complexity index is 1640. The SMILES string of the molecule is CN(C)CCNC(=O)[C@H](Cc1ccncc1)C[C@H](O)[C@H](CC1CCCCC1)N(C(=O)OC(C)(C)C)[C@@H](Cc1ccccc1)C(=O)N[C@@H](Cc1cnc[nH]1)C(N)=O. The number of rotatable bonds is 20. The van der Waals surface area contributed by atoms with Gasteiger partial charge in [-0.1, -0.05) is 62.4 Å². The van der Waals surface area contributed by atoms with Crippen LogP contribution in [0.25, 0.3) is 0 Å². The highest BCUT2D eigenvalue weighted by Gasteiger charge is 2.43. The van der Waals surface area contributed by atoms with Crippen LogP contribution in [0.3, 0.4) is 0 Å². The number of nitrogens with one attached hydrogen (secondary N) is 3. The van der Waals surface area contributed by atoms with Crippen molar-refractivity contribution in [2.24, 2.45) is 17.6 Å². The lowest BCUT2D eigenvalue weighted by atomic mass is 9.81. The van der Waals surface area contributed by atoms with Crippen LogP contribution in [0.5, 0.6) is 0 Å². The van der Waals surface area contributed by atoms with Gasteiger partial charge in [-0.05, 0) is 83.3 Å². The van der Waals surface area contributed by atoms with Crippen LogP contribution in [0.4, 0.5) is 4.79 Å². The Hall–Kier alpha value is -4.82. The number of primary amides is 1. The van der Waals surface area contributed by atoms with E-state index < -0.39 is 53.7 Å². The number of hydrogen-bond donors (Lipinski definition) is 5. The normalized spacial score (nSPS) is 16.3. The van der Waals surface area contributed by atoms with Gasteiger partial charge in [-0.3, -0.25) is 24.3 Å². The Morgan fingerprint density at radius 2 is 1.62 bits per heavy atom. The number of carbonyl (C=O) groups is 4. The third-order valence-corrected chi connectivity index (χ3v) is 10.2. The lowest BCUT2D eigenvalue weighted by molar-refractivity contribution is -0.133. The van der Waals surface area contributed by atoms with Gasteiger partial charge >= 0.3 is 6.09 Å². The topological polar surface area (TPSA) is 196 Å². The van der Waals surface area contributed by atoms with Gasteiger partial charge in [0.25, 0.3) is 0 Å². The van der Waals surface area contributed by atoms with E-state index in [2.05, 4.69) is 25.6 Å². The molecule has 0 bridgehead atoms. The number of hydrogen-bond acceptors (Lipinski definition) is 9. The first-order valence-corrected chi connectivity index (χ1v) is 19.8. The van der Waals surface area contributed by atoms with Crippen LogP contribution in [-0.2, 0) is 38.4 Å². The second-order valence-electron chi connectivity index (χ2n) is 16.3. The van der Waals surface area contributed by atoms with Gasteiger partial charge in [0.05, 0.1) is 18.5 Å². The van der Waals surface area contributed by atoms with Crippen molar-refractivity contribution in [2.75, 3.05) is 27.2 Å². The van der Waals surface area contributed by atoms with Crippen LogP contribution in [0, 0.1) is 11.8 Å². The molecule has 1 aliphatic carbocycles. The second kappa shape index (κ2) is 21.5. The Morgan fingerprint density at radius 1 is 0.946 bits per heavy atom.